The van der Waals surface area contributed by atoms with Crippen molar-refractivity contribution in [1.82, 2.24) is 10.6 Å². The predicted molar refractivity (Wildman–Crippen MR) is 81.1 cm³/mol. The Hall–Kier alpha value is -0.570. The third kappa shape index (κ3) is 8.25. The maximum Gasteiger partial charge on any atom is 0.220 e. The number of carbonyl (C=O) groups is 1. The highest BCUT2D eigenvalue weighted by Crippen LogP contribution is 2.25. The van der Waals surface area contributed by atoms with Gasteiger partial charge in [-0.1, -0.05) is 27.7 Å². The summed E-state index contributed by atoms with van der Waals surface area (Å²) in [5, 5.41) is 6.46. The Morgan fingerprint density at radius 3 is 2.53 bits per heavy atom. The largest absolute Gasteiger partial charge is 0.356 e. The van der Waals surface area contributed by atoms with Crippen molar-refractivity contribution in [3.8, 4) is 0 Å². The minimum atomic E-state index is 0.227. The van der Waals surface area contributed by atoms with E-state index in [1.54, 1.807) is 0 Å². The van der Waals surface area contributed by atoms with Crippen molar-refractivity contribution in [3.63, 3.8) is 0 Å². The van der Waals surface area contributed by atoms with E-state index < -0.39 is 0 Å². The van der Waals surface area contributed by atoms with E-state index in [0.29, 0.717) is 17.8 Å². The van der Waals surface area contributed by atoms with Crippen LogP contribution in [0.1, 0.15) is 59.8 Å². The molecule has 1 atom stereocenters. The van der Waals surface area contributed by atoms with Crippen LogP contribution in [0.2, 0.25) is 0 Å². The molecule has 1 aliphatic rings. The lowest BCUT2D eigenvalue weighted by Gasteiger charge is -2.24. The number of hydrogen-bond acceptors (Lipinski definition) is 2. The molecule has 1 rings (SSSR count). The highest BCUT2D eigenvalue weighted by Gasteiger charge is 2.18. The predicted octanol–water partition coefficient (Wildman–Crippen LogP) is 2.95. The zero-order chi connectivity index (χ0) is 14.3. The average Bonchev–Trinajstić information content (AvgIpc) is 2.27. The number of amides is 1. The van der Waals surface area contributed by atoms with Gasteiger partial charge in [-0.05, 0) is 56.0 Å². The van der Waals surface area contributed by atoms with E-state index >= 15 is 0 Å². The standard InChI is InChI=1S/C16H32N2O/c1-13(12-16(2,3)4)11-15(19)18-10-7-14-5-8-17-9-6-14/h13-14,17H,5-12H2,1-4H3,(H,18,19). The third-order valence-electron chi connectivity index (χ3n) is 3.83. The van der Waals surface area contributed by atoms with Crippen molar-refractivity contribution in [2.24, 2.45) is 17.3 Å². The van der Waals surface area contributed by atoms with Crippen molar-refractivity contribution >= 4 is 5.91 Å². The fraction of sp³-hybridized carbons (Fsp3) is 0.938. The van der Waals surface area contributed by atoms with E-state index in [9.17, 15) is 4.79 Å². The summed E-state index contributed by atoms with van der Waals surface area (Å²) in [6, 6.07) is 0. The first kappa shape index (κ1) is 16.5. The first-order chi connectivity index (χ1) is 8.87. The molecule has 19 heavy (non-hydrogen) atoms. The summed E-state index contributed by atoms with van der Waals surface area (Å²) in [6.07, 6.45) is 5.44. The topological polar surface area (TPSA) is 41.1 Å². The molecule has 1 fully saturated rings. The van der Waals surface area contributed by atoms with Gasteiger partial charge in [0.25, 0.3) is 0 Å². The van der Waals surface area contributed by atoms with Crippen LogP contribution in [0, 0.1) is 17.3 Å². The van der Waals surface area contributed by atoms with Crippen LogP contribution in [0.5, 0.6) is 0 Å². The van der Waals surface area contributed by atoms with Crippen LogP contribution < -0.4 is 10.6 Å². The van der Waals surface area contributed by atoms with Gasteiger partial charge in [-0.3, -0.25) is 4.79 Å². The summed E-state index contributed by atoms with van der Waals surface area (Å²) in [5.41, 5.74) is 0.314. The van der Waals surface area contributed by atoms with Gasteiger partial charge in [0.05, 0.1) is 0 Å². The maximum atomic E-state index is 11.9. The van der Waals surface area contributed by atoms with Crippen molar-refractivity contribution in [1.29, 1.82) is 0 Å². The molecule has 1 amide bonds. The second kappa shape index (κ2) is 7.88. The molecular weight excluding hydrogens is 236 g/mol. The molecule has 0 spiro atoms. The zero-order valence-corrected chi connectivity index (χ0v) is 13.2. The molecule has 1 unspecified atom stereocenters. The summed E-state index contributed by atoms with van der Waals surface area (Å²) in [6.45, 7) is 12.0. The minimum Gasteiger partial charge on any atom is -0.356 e. The molecule has 0 bridgehead atoms. The highest BCUT2D eigenvalue weighted by molar-refractivity contribution is 5.76. The van der Waals surface area contributed by atoms with E-state index in [2.05, 4.69) is 38.3 Å². The van der Waals surface area contributed by atoms with Crippen molar-refractivity contribution in [2.45, 2.75) is 59.8 Å². The summed E-state index contributed by atoms with van der Waals surface area (Å²) in [7, 11) is 0. The first-order valence-electron chi connectivity index (χ1n) is 7.84. The third-order valence-corrected chi connectivity index (χ3v) is 3.83. The zero-order valence-electron chi connectivity index (χ0n) is 13.2. The summed E-state index contributed by atoms with van der Waals surface area (Å²) in [5.74, 6) is 1.50. The SMILES string of the molecule is CC(CC(=O)NCCC1CCNCC1)CC(C)(C)C. The van der Waals surface area contributed by atoms with Crippen LogP contribution in [-0.4, -0.2) is 25.5 Å². The Morgan fingerprint density at radius 1 is 1.32 bits per heavy atom. The van der Waals surface area contributed by atoms with Crippen LogP contribution in [0.25, 0.3) is 0 Å². The van der Waals surface area contributed by atoms with Crippen LogP contribution in [-0.2, 0) is 4.79 Å². The molecule has 1 saturated heterocycles. The quantitative estimate of drug-likeness (QED) is 0.777. The fourth-order valence-electron chi connectivity index (χ4n) is 3.09. The number of piperidine rings is 1. The molecule has 3 heteroatoms. The van der Waals surface area contributed by atoms with Gasteiger partial charge in [-0.25, -0.2) is 0 Å². The Kier molecular flexibility index (Phi) is 6.84. The van der Waals surface area contributed by atoms with Gasteiger partial charge >= 0.3 is 0 Å². The van der Waals surface area contributed by atoms with Crippen molar-refractivity contribution < 1.29 is 4.79 Å². The van der Waals surface area contributed by atoms with Crippen molar-refractivity contribution in [2.75, 3.05) is 19.6 Å². The van der Waals surface area contributed by atoms with Gasteiger partial charge in [-0.15, -0.1) is 0 Å². The lowest BCUT2D eigenvalue weighted by atomic mass is 9.84. The number of rotatable bonds is 6. The second-order valence-corrected chi connectivity index (χ2v) is 7.41. The molecule has 0 aliphatic carbocycles. The lowest BCUT2D eigenvalue weighted by Crippen LogP contribution is -2.32. The monoisotopic (exact) mass is 268 g/mol. The van der Waals surface area contributed by atoms with E-state index in [4.69, 9.17) is 0 Å². The molecular formula is C16H32N2O. The molecule has 0 aromatic rings. The minimum absolute atomic E-state index is 0.227. The van der Waals surface area contributed by atoms with Gasteiger partial charge in [0.15, 0.2) is 0 Å². The Labute approximate surface area is 118 Å². The van der Waals surface area contributed by atoms with Gasteiger partial charge in [0.2, 0.25) is 5.91 Å². The van der Waals surface area contributed by atoms with Crippen molar-refractivity contribution in [3.05, 3.63) is 0 Å². The van der Waals surface area contributed by atoms with Crippen LogP contribution in [0.15, 0.2) is 0 Å². The molecule has 1 aliphatic heterocycles. The molecule has 0 saturated carbocycles. The molecule has 0 radical (unpaired) electrons. The Balaban J connectivity index is 2.10. The number of hydrogen-bond donors (Lipinski definition) is 2. The Morgan fingerprint density at radius 2 is 1.95 bits per heavy atom. The highest BCUT2D eigenvalue weighted by atomic mass is 16.1. The Bertz CT molecular complexity index is 264. The number of carbonyl (C=O) groups excluding carboxylic acids is 1. The summed E-state index contributed by atoms with van der Waals surface area (Å²) in [4.78, 5) is 11.9. The normalized spacial score (nSPS) is 19.2. The lowest BCUT2D eigenvalue weighted by molar-refractivity contribution is -0.122. The average molecular weight is 268 g/mol. The molecule has 112 valence electrons. The summed E-state index contributed by atoms with van der Waals surface area (Å²) >= 11 is 0. The smallest absolute Gasteiger partial charge is 0.220 e. The first-order valence-corrected chi connectivity index (χ1v) is 7.84. The second-order valence-electron chi connectivity index (χ2n) is 7.41. The van der Waals surface area contributed by atoms with Gasteiger partial charge in [-0.2, -0.15) is 0 Å². The molecule has 2 N–H and O–H groups in total. The van der Waals surface area contributed by atoms with E-state index in [1.165, 1.54) is 12.8 Å². The molecule has 0 aromatic carbocycles. The van der Waals surface area contributed by atoms with Gasteiger partial charge < -0.3 is 10.6 Å². The van der Waals surface area contributed by atoms with Crippen LogP contribution in [0.3, 0.4) is 0 Å². The molecule has 1 heterocycles. The molecule has 0 aromatic heterocycles. The number of nitrogens with one attached hydrogen (secondary N) is 2. The summed E-state index contributed by atoms with van der Waals surface area (Å²) < 4.78 is 0. The van der Waals surface area contributed by atoms with E-state index in [0.717, 1.165) is 38.4 Å². The van der Waals surface area contributed by atoms with Gasteiger partial charge in [0, 0.05) is 13.0 Å². The van der Waals surface area contributed by atoms with Crippen LogP contribution >= 0.6 is 0 Å². The maximum absolute atomic E-state index is 11.9. The van der Waals surface area contributed by atoms with Gasteiger partial charge in [0.1, 0.15) is 0 Å². The molecule has 3 nitrogen and oxygen atoms in total. The van der Waals surface area contributed by atoms with E-state index in [-0.39, 0.29) is 5.91 Å². The van der Waals surface area contributed by atoms with Crippen LogP contribution in [0.4, 0.5) is 0 Å². The van der Waals surface area contributed by atoms with E-state index in [1.807, 2.05) is 0 Å². The fourth-order valence-corrected chi connectivity index (χ4v) is 3.09.